The first-order valence-corrected chi connectivity index (χ1v) is 7.10. The van der Waals surface area contributed by atoms with E-state index in [4.69, 9.17) is 15.2 Å². The molecule has 116 valence electrons. The summed E-state index contributed by atoms with van der Waals surface area (Å²) in [5, 5.41) is 13.1. The highest BCUT2D eigenvalue weighted by Gasteiger charge is 2.39. The summed E-state index contributed by atoms with van der Waals surface area (Å²) < 4.78 is 10.7. The topological polar surface area (TPSA) is 93.8 Å². The highest BCUT2D eigenvalue weighted by atomic mass is 16.5. The van der Waals surface area contributed by atoms with Gasteiger partial charge in [-0.25, -0.2) is 0 Å². The lowest BCUT2D eigenvalue weighted by Gasteiger charge is -2.26. The third-order valence-corrected chi connectivity index (χ3v) is 3.72. The van der Waals surface area contributed by atoms with Crippen LogP contribution in [0.5, 0.6) is 5.75 Å². The van der Waals surface area contributed by atoms with Crippen LogP contribution in [0, 0.1) is 0 Å². The molecule has 1 aromatic rings. The van der Waals surface area contributed by atoms with Crippen molar-refractivity contribution in [3.63, 3.8) is 0 Å². The Bertz CT molecular complexity index is 520. The van der Waals surface area contributed by atoms with Crippen molar-refractivity contribution in [1.82, 2.24) is 5.32 Å². The lowest BCUT2D eigenvalue weighted by Crippen LogP contribution is -2.47. The van der Waals surface area contributed by atoms with E-state index in [1.165, 1.54) is 0 Å². The molecule has 2 rings (SSSR count). The van der Waals surface area contributed by atoms with Crippen LogP contribution in [0.2, 0.25) is 0 Å². The fourth-order valence-corrected chi connectivity index (χ4v) is 2.34. The molecular formula is C15H22N2O4. The van der Waals surface area contributed by atoms with Gasteiger partial charge in [-0.05, 0) is 26.0 Å². The third kappa shape index (κ3) is 3.65. The van der Waals surface area contributed by atoms with Gasteiger partial charge < -0.3 is 25.6 Å². The van der Waals surface area contributed by atoms with E-state index in [1.54, 1.807) is 25.1 Å². The summed E-state index contributed by atoms with van der Waals surface area (Å²) in [7, 11) is 0. The molecule has 4 N–H and O–H groups in total. The molecule has 2 atom stereocenters. The van der Waals surface area contributed by atoms with Crippen molar-refractivity contribution in [2.45, 2.75) is 32.0 Å². The molecule has 0 aliphatic carbocycles. The van der Waals surface area contributed by atoms with Crippen molar-refractivity contribution in [1.29, 1.82) is 0 Å². The molecule has 0 spiro atoms. The first-order valence-electron chi connectivity index (χ1n) is 7.10. The highest BCUT2D eigenvalue weighted by Crippen LogP contribution is 2.25. The predicted molar refractivity (Wildman–Crippen MR) is 79.3 cm³/mol. The monoisotopic (exact) mass is 294 g/mol. The van der Waals surface area contributed by atoms with Gasteiger partial charge >= 0.3 is 0 Å². The van der Waals surface area contributed by atoms with Gasteiger partial charge in [-0.2, -0.15) is 0 Å². The maximum absolute atomic E-state index is 12.2. The Labute approximate surface area is 124 Å². The Hall–Kier alpha value is -1.79. The van der Waals surface area contributed by atoms with Crippen LogP contribution in [0.3, 0.4) is 0 Å². The minimum Gasteiger partial charge on any atom is -0.494 e. The second kappa shape index (κ2) is 6.32. The molecular weight excluding hydrogens is 272 g/mol. The van der Waals surface area contributed by atoms with E-state index in [0.717, 1.165) is 0 Å². The molecule has 0 bridgehead atoms. The van der Waals surface area contributed by atoms with Crippen LogP contribution < -0.4 is 15.8 Å². The normalized spacial score (nSPS) is 24.8. The molecule has 0 aromatic heterocycles. The van der Waals surface area contributed by atoms with Gasteiger partial charge in [0, 0.05) is 36.9 Å². The summed E-state index contributed by atoms with van der Waals surface area (Å²) in [6.45, 7) is 4.80. The molecule has 0 radical (unpaired) electrons. The number of hydrogen-bond donors (Lipinski definition) is 3. The predicted octanol–water partition coefficient (Wildman–Crippen LogP) is 0.937. The van der Waals surface area contributed by atoms with Gasteiger partial charge in [0.25, 0.3) is 5.91 Å². The number of ether oxygens (including phenoxy) is 2. The van der Waals surface area contributed by atoms with Crippen LogP contribution in [-0.4, -0.2) is 42.5 Å². The molecule has 1 fully saturated rings. The number of nitrogen functional groups attached to an aromatic ring is 1. The highest BCUT2D eigenvalue weighted by molar-refractivity contribution is 5.95. The third-order valence-electron chi connectivity index (χ3n) is 3.72. The van der Waals surface area contributed by atoms with E-state index in [2.05, 4.69) is 5.32 Å². The lowest BCUT2D eigenvalue weighted by molar-refractivity contribution is -0.0251. The number of carbonyl (C=O) groups is 1. The van der Waals surface area contributed by atoms with Crippen LogP contribution in [0.1, 0.15) is 30.6 Å². The molecule has 6 heteroatoms. The molecule has 1 saturated heterocycles. The molecule has 1 aliphatic rings. The van der Waals surface area contributed by atoms with Crippen molar-refractivity contribution in [3.05, 3.63) is 23.8 Å². The summed E-state index contributed by atoms with van der Waals surface area (Å²) >= 11 is 0. The standard InChI is InChI=1S/C15H22N2O4/c1-3-20-13-7-11(6-12(16)8-13)14(18)17-9-15(19)4-5-21-10(15)2/h6-8,10,19H,3-5,9,16H2,1-2H3,(H,17,18). The fraction of sp³-hybridized carbons (Fsp3) is 0.533. The van der Waals surface area contributed by atoms with Gasteiger partial charge in [-0.15, -0.1) is 0 Å². The quantitative estimate of drug-likeness (QED) is 0.703. The summed E-state index contributed by atoms with van der Waals surface area (Å²) in [5.41, 5.74) is 5.62. The number of carbonyl (C=O) groups excluding carboxylic acids is 1. The number of hydrogen-bond acceptors (Lipinski definition) is 5. The SMILES string of the molecule is CCOc1cc(N)cc(C(=O)NCC2(O)CCOC2C)c1. The molecule has 0 saturated carbocycles. The Balaban J connectivity index is 2.03. The first kappa shape index (κ1) is 15.6. The summed E-state index contributed by atoms with van der Waals surface area (Å²) in [6, 6.07) is 4.88. The minimum atomic E-state index is -1.02. The van der Waals surface area contributed by atoms with Gasteiger partial charge in [0.2, 0.25) is 0 Å². The van der Waals surface area contributed by atoms with Crippen LogP contribution in [-0.2, 0) is 4.74 Å². The van der Waals surface area contributed by atoms with Crippen LogP contribution in [0.15, 0.2) is 18.2 Å². The molecule has 21 heavy (non-hydrogen) atoms. The van der Waals surface area contributed by atoms with E-state index in [1.807, 2.05) is 6.92 Å². The second-order valence-electron chi connectivity index (χ2n) is 5.27. The first-order chi connectivity index (χ1) is 9.94. The number of anilines is 1. The zero-order valence-electron chi connectivity index (χ0n) is 12.4. The van der Waals surface area contributed by atoms with E-state index >= 15 is 0 Å². The zero-order valence-corrected chi connectivity index (χ0v) is 12.4. The van der Waals surface area contributed by atoms with Crippen LogP contribution in [0.25, 0.3) is 0 Å². The Morgan fingerprint density at radius 2 is 2.33 bits per heavy atom. The van der Waals surface area contributed by atoms with Crippen molar-refractivity contribution >= 4 is 11.6 Å². The van der Waals surface area contributed by atoms with Crippen LogP contribution in [0.4, 0.5) is 5.69 Å². The molecule has 1 aromatic carbocycles. The zero-order chi connectivity index (χ0) is 15.5. The summed E-state index contributed by atoms with van der Waals surface area (Å²) in [4.78, 5) is 12.2. The number of nitrogens with two attached hydrogens (primary N) is 1. The van der Waals surface area contributed by atoms with Gasteiger partial charge in [-0.1, -0.05) is 0 Å². The Morgan fingerprint density at radius 1 is 1.57 bits per heavy atom. The number of rotatable bonds is 5. The fourth-order valence-electron chi connectivity index (χ4n) is 2.34. The Morgan fingerprint density at radius 3 is 2.95 bits per heavy atom. The van der Waals surface area contributed by atoms with Gasteiger partial charge in [0.15, 0.2) is 0 Å². The van der Waals surface area contributed by atoms with Gasteiger partial charge in [0.05, 0.1) is 12.7 Å². The van der Waals surface area contributed by atoms with Crippen molar-refractivity contribution < 1.29 is 19.4 Å². The average molecular weight is 294 g/mol. The molecule has 2 unspecified atom stereocenters. The van der Waals surface area contributed by atoms with Crippen molar-refractivity contribution in [3.8, 4) is 5.75 Å². The molecule has 6 nitrogen and oxygen atoms in total. The number of benzene rings is 1. The number of nitrogens with one attached hydrogen (secondary N) is 1. The summed E-state index contributed by atoms with van der Waals surface area (Å²) in [5.74, 6) is 0.259. The number of aliphatic hydroxyl groups is 1. The smallest absolute Gasteiger partial charge is 0.251 e. The number of amides is 1. The van der Waals surface area contributed by atoms with Crippen LogP contribution >= 0.6 is 0 Å². The molecule has 1 amide bonds. The molecule has 1 heterocycles. The minimum absolute atomic E-state index is 0.145. The maximum atomic E-state index is 12.2. The van der Waals surface area contributed by atoms with E-state index in [9.17, 15) is 9.90 Å². The van der Waals surface area contributed by atoms with Crippen molar-refractivity contribution in [2.75, 3.05) is 25.5 Å². The summed E-state index contributed by atoms with van der Waals surface area (Å²) in [6.07, 6.45) is 0.216. The second-order valence-corrected chi connectivity index (χ2v) is 5.27. The van der Waals surface area contributed by atoms with E-state index < -0.39 is 5.60 Å². The van der Waals surface area contributed by atoms with Gasteiger partial charge in [0.1, 0.15) is 11.4 Å². The molecule has 1 aliphatic heterocycles. The maximum Gasteiger partial charge on any atom is 0.251 e. The Kier molecular flexibility index (Phi) is 4.69. The van der Waals surface area contributed by atoms with Crippen molar-refractivity contribution in [2.24, 2.45) is 0 Å². The largest absolute Gasteiger partial charge is 0.494 e. The van der Waals surface area contributed by atoms with Gasteiger partial charge in [-0.3, -0.25) is 4.79 Å². The van der Waals surface area contributed by atoms with E-state index in [0.29, 0.717) is 36.6 Å². The lowest BCUT2D eigenvalue weighted by atomic mass is 9.96. The van der Waals surface area contributed by atoms with E-state index in [-0.39, 0.29) is 18.6 Å². The average Bonchev–Trinajstić information content (AvgIpc) is 2.76.